The highest BCUT2D eigenvalue weighted by Crippen LogP contribution is 2.35. The van der Waals surface area contributed by atoms with Crippen LogP contribution in [0.4, 0.5) is 0 Å². The summed E-state index contributed by atoms with van der Waals surface area (Å²) in [4.78, 5) is 18.3. The molecule has 4 rings (SSSR count). The molecule has 0 unspecified atom stereocenters. The average Bonchev–Trinajstić information content (AvgIpc) is 3.08. The lowest BCUT2D eigenvalue weighted by molar-refractivity contribution is 0.00907. The van der Waals surface area contributed by atoms with Crippen molar-refractivity contribution in [3.8, 4) is 0 Å². The van der Waals surface area contributed by atoms with Crippen molar-refractivity contribution in [2.45, 2.75) is 58.4 Å². The van der Waals surface area contributed by atoms with Crippen LogP contribution in [0.2, 0.25) is 5.02 Å². The molecule has 1 aliphatic heterocycles. The molecule has 0 bridgehead atoms. The highest BCUT2D eigenvalue weighted by molar-refractivity contribution is 6.32. The zero-order valence-electron chi connectivity index (χ0n) is 18.5. The summed E-state index contributed by atoms with van der Waals surface area (Å²) < 4.78 is 5.95. The van der Waals surface area contributed by atoms with Gasteiger partial charge in [0.05, 0.1) is 0 Å². The largest absolute Gasteiger partial charge is 0.451 e. The molecule has 0 radical (unpaired) electrons. The van der Waals surface area contributed by atoms with Crippen molar-refractivity contribution in [3.05, 3.63) is 34.0 Å². The molecule has 1 aromatic carbocycles. The van der Waals surface area contributed by atoms with E-state index in [2.05, 4.69) is 22.0 Å². The van der Waals surface area contributed by atoms with Crippen molar-refractivity contribution in [1.82, 2.24) is 15.1 Å². The molecule has 2 aliphatic rings. The number of amides is 1. The number of hydrogen-bond acceptors (Lipinski definition) is 4. The fourth-order valence-electron chi connectivity index (χ4n) is 5.24. The van der Waals surface area contributed by atoms with E-state index in [1.165, 1.54) is 19.3 Å². The van der Waals surface area contributed by atoms with E-state index in [0.717, 1.165) is 67.7 Å². The molecule has 2 heterocycles. The topological polar surface area (TPSA) is 48.7 Å². The van der Waals surface area contributed by atoms with Crippen LogP contribution in [0.15, 0.2) is 16.5 Å². The lowest BCUT2D eigenvalue weighted by atomic mass is 9.79. The highest BCUT2D eigenvalue weighted by atomic mass is 35.5. The van der Waals surface area contributed by atoms with Crippen LogP contribution in [0.3, 0.4) is 0 Å². The van der Waals surface area contributed by atoms with Gasteiger partial charge in [-0.05, 0) is 50.9 Å². The molecule has 30 heavy (non-hydrogen) atoms. The normalized spacial score (nSPS) is 20.5. The summed E-state index contributed by atoms with van der Waals surface area (Å²) in [5.74, 6) is 0.294. The number of nitrogens with zero attached hydrogens (tertiary/aromatic N) is 2. The van der Waals surface area contributed by atoms with Crippen LogP contribution >= 0.6 is 11.6 Å². The third kappa shape index (κ3) is 4.12. The molecule has 1 aromatic heterocycles. The molecule has 2 fully saturated rings. The van der Waals surface area contributed by atoms with Crippen molar-refractivity contribution < 1.29 is 9.21 Å². The Hall–Kier alpha value is -1.56. The lowest BCUT2D eigenvalue weighted by Crippen LogP contribution is -2.61. The molecule has 2 aromatic rings. The third-order valence-corrected chi connectivity index (χ3v) is 7.68. The Balaban J connectivity index is 1.50. The number of piperazine rings is 1. The Morgan fingerprint density at radius 2 is 1.83 bits per heavy atom. The van der Waals surface area contributed by atoms with Gasteiger partial charge < -0.3 is 14.6 Å². The number of rotatable bonds is 5. The molecular formula is C24H34ClN3O2. The van der Waals surface area contributed by atoms with Crippen molar-refractivity contribution in [2.24, 2.45) is 0 Å². The first-order valence-corrected chi connectivity index (χ1v) is 11.8. The van der Waals surface area contributed by atoms with Crippen LogP contribution in [-0.2, 0) is 0 Å². The molecule has 164 valence electrons. The number of furan rings is 1. The Labute approximate surface area is 184 Å². The monoisotopic (exact) mass is 431 g/mol. The number of carbonyl (C=O) groups is 1. The summed E-state index contributed by atoms with van der Waals surface area (Å²) in [6.07, 6.45) is 6.10. The van der Waals surface area contributed by atoms with E-state index < -0.39 is 0 Å². The maximum Gasteiger partial charge on any atom is 0.287 e. The van der Waals surface area contributed by atoms with Crippen molar-refractivity contribution >= 4 is 28.5 Å². The Bertz CT molecular complexity index is 909. The highest BCUT2D eigenvalue weighted by Gasteiger charge is 2.39. The predicted octanol–water partition coefficient (Wildman–Crippen LogP) is 4.77. The maximum absolute atomic E-state index is 13.1. The van der Waals surface area contributed by atoms with Crippen LogP contribution in [0, 0.1) is 13.8 Å². The Morgan fingerprint density at radius 1 is 1.13 bits per heavy atom. The first-order valence-electron chi connectivity index (χ1n) is 11.4. The fraction of sp³-hybridized carbons (Fsp3) is 0.625. The second-order valence-electron chi connectivity index (χ2n) is 9.04. The second-order valence-corrected chi connectivity index (χ2v) is 9.45. The van der Waals surface area contributed by atoms with Crippen LogP contribution in [0.25, 0.3) is 11.0 Å². The summed E-state index contributed by atoms with van der Waals surface area (Å²) in [7, 11) is 0. The number of aryl methyl sites for hydroxylation is 2. The van der Waals surface area contributed by atoms with E-state index in [1.807, 2.05) is 26.0 Å². The number of benzene rings is 1. The summed E-state index contributed by atoms with van der Waals surface area (Å²) in [5, 5.41) is 4.86. The Kier molecular flexibility index (Phi) is 6.42. The first kappa shape index (κ1) is 21.7. The minimum absolute atomic E-state index is 0.0769. The quantitative estimate of drug-likeness (QED) is 0.740. The zero-order valence-corrected chi connectivity index (χ0v) is 19.3. The van der Waals surface area contributed by atoms with E-state index in [9.17, 15) is 4.79 Å². The average molecular weight is 432 g/mol. The van der Waals surface area contributed by atoms with Crippen molar-refractivity contribution in [2.75, 3.05) is 39.3 Å². The number of likely N-dealkylation sites (N-methyl/N-ethyl adjacent to an activating group) is 1. The SMILES string of the molecule is CCN1CCN(C2(CNC(=O)c3oc4cc(C)c(Cl)cc4c3C)CCCCC2)CC1. The first-order chi connectivity index (χ1) is 14.4. The summed E-state index contributed by atoms with van der Waals surface area (Å²) in [5.41, 5.74) is 2.62. The van der Waals surface area contributed by atoms with Gasteiger partial charge in [0.25, 0.3) is 5.91 Å². The molecule has 0 atom stereocenters. The van der Waals surface area contributed by atoms with Crippen molar-refractivity contribution in [1.29, 1.82) is 0 Å². The van der Waals surface area contributed by atoms with Gasteiger partial charge in [-0.3, -0.25) is 9.69 Å². The van der Waals surface area contributed by atoms with Gasteiger partial charge in [-0.25, -0.2) is 0 Å². The van der Waals surface area contributed by atoms with Crippen LogP contribution < -0.4 is 5.32 Å². The summed E-state index contributed by atoms with van der Waals surface area (Å²) in [6, 6.07) is 3.81. The van der Waals surface area contributed by atoms with Gasteiger partial charge in [-0.2, -0.15) is 0 Å². The van der Waals surface area contributed by atoms with Gasteiger partial charge in [0.2, 0.25) is 0 Å². The van der Waals surface area contributed by atoms with E-state index >= 15 is 0 Å². The maximum atomic E-state index is 13.1. The van der Waals surface area contributed by atoms with Gasteiger partial charge in [0.15, 0.2) is 5.76 Å². The van der Waals surface area contributed by atoms with Gasteiger partial charge in [0.1, 0.15) is 5.58 Å². The minimum atomic E-state index is -0.116. The molecule has 6 heteroatoms. The number of fused-ring (bicyclic) bond motifs is 1. The van der Waals surface area contributed by atoms with E-state index in [-0.39, 0.29) is 11.4 Å². The zero-order chi connectivity index (χ0) is 21.3. The molecule has 1 aliphatic carbocycles. The second kappa shape index (κ2) is 8.89. The van der Waals surface area contributed by atoms with Crippen LogP contribution in [-0.4, -0.2) is 60.5 Å². The molecule has 0 spiro atoms. The molecule has 1 N–H and O–H groups in total. The third-order valence-electron chi connectivity index (χ3n) is 7.28. The molecular weight excluding hydrogens is 398 g/mol. The van der Waals surface area contributed by atoms with Crippen LogP contribution in [0.1, 0.15) is 60.7 Å². The number of nitrogens with one attached hydrogen (secondary N) is 1. The minimum Gasteiger partial charge on any atom is -0.451 e. The predicted molar refractivity (Wildman–Crippen MR) is 123 cm³/mol. The lowest BCUT2D eigenvalue weighted by Gasteiger charge is -2.50. The summed E-state index contributed by atoms with van der Waals surface area (Å²) in [6.45, 7) is 12.3. The smallest absolute Gasteiger partial charge is 0.287 e. The fourth-order valence-corrected chi connectivity index (χ4v) is 5.40. The van der Waals surface area contributed by atoms with E-state index in [0.29, 0.717) is 17.3 Å². The standard InChI is InChI=1S/C24H34ClN3O2/c1-4-27-10-12-28(13-11-27)24(8-6-5-7-9-24)16-26-23(29)22-18(3)19-15-20(25)17(2)14-21(19)30-22/h14-15H,4-13,16H2,1-3H3,(H,26,29). The summed E-state index contributed by atoms with van der Waals surface area (Å²) >= 11 is 6.29. The van der Waals surface area contributed by atoms with Gasteiger partial charge >= 0.3 is 0 Å². The molecule has 1 amide bonds. The van der Waals surface area contributed by atoms with Gasteiger partial charge in [-0.15, -0.1) is 0 Å². The van der Waals surface area contributed by atoms with E-state index in [4.69, 9.17) is 16.0 Å². The molecule has 5 nitrogen and oxygen atoms in total. The Morgan fingerprint density at radius 3 is 2.50 bits per heavy atom. The van der Waals surface area contributed by atoms with Gasteiger partial charge in [0, 0.05) is 54.2 Å². The number of hydrogen-bond donors (Lipinski definition) is 1. The van der Waals surface area contributed by atoms with Crippen LogP contribution in [0.5, 0.6) is 0 Å². The molecule has 1 saturated carbocycles. The van der Waals surface area contributed by atoms with Crippen molar-refractivity contribution in [3.63, 3.8) is 0 Å². The number of halogens is 1. The number of carbonyl (C=O) groups excluding carboxylic acids is 1. The van der Waals surface area contributed by atoms with E-state index in [1.54, 1.807) is 0 Å². The molecule has 1 saturated heterocycles. The van der Waals surface area contributed by atoms with Gasteiger partial charge in [-0.1, -0.05) is 37.8 Å².